The van der Waals surface area contributed by atoms with Gasteiger partial charge in [-0.3, -0.25) is 4.79 Å². The number of thiazole rings is 1. The van der Waals surface area contributed by atoms with Crippen LogP contribution in [0.4, 0.5) is 0 Å². The Morgan fingerprint density at radius 2 is 2.41 bits per heavy atom. The number of benzene rings is 1. The Hall–Kier alpha value is -1.99. The van der Waals surface area contributed by atoms with Crippen molar-refractivity contribution in [1.82, 2.24) is 15.4 Å². The van der Waals surface area contributed by atoms with Crippen LogP contribution >= 0.6 is 27.3 Å². The predicted octanol–water partition coefficient (Wildman–Crippen LogP) is 3.39. The standard InChI is InChI=1S/C15H13BrN4OS/c1-9-8-22-15(19-9)5-14(21)20-18-7-10-6-17-13-3-2-11(16)4-12(10)13/h2-4,6-8,17H,5H2,1H3,(H,20,21)/b18-7+. The van der Waals surface area contributed by atoms with Gasteiger partial charge in [0, 0.05) is 38.2 Å². The summed E-state index contributed by atoms with van der Waals surface area (Å²) < 4.78 is 0.998. The Morgan fingerprint density at radius 3 is 3.18 bits per heavy atom. The molecule has 3 rings (SSSR count). The van der Waals surface area contributed by atoms with Crippen molar-refractivity contribution in [3.63, 3.8) is 0 Å². The highest BCUT2D eigenvalue weighted by atomic mass is 79.9. The van der Waals surface area contributed by atoms with Gasteiger partial charge in [0.25, 0.3) is 0 Å². The molecule has 0 unspecified atom stereocenters. The van der Waals surface area contributed by atoms with E-state index in [1.54, 1.807) is 6.21 Å². The molecule has 7 heteroatoms. The van der Waals surface area contributed by atoms with Gasteiger partial charge in [0.1, 0.15) is 5.01 Å². The van der Waals surface area contributed by atoms with Gasteiger partial charge in [-0.05, 0) is 25.1 Å². The van der Waals surface area contributed by atoms with Crippen molar-refractivity contribution in [3.05, 3.63) is 50.5 Å². The third-order valence-corrected chi connectivity index (χ3v) is 4.51. The zero-order chi connectivity index (χ0) is 15.5. The summed E-state index contributed by atoms with van der Waals surface area (Å²) in [5.41, 5.74) is 5.40. The lowest BCUT2D eigenvalue weighted by Gasteiger charge is -1.97. The Labute approximate surface area is 139 Å². The normalized spacial score (nSPS) is 11.4. The van der Waals surface area contributed by atoms with Crippen molar-refractivity contribution in [1.29, 1.82) is 0 Å². The molecule has 0 aliphatic heterocycles. The maximum absolute atomic E-state index is 11.8. The molecule has 112 valence electrons. The molecule has 2 heterocycles. The van der Waals surface area contributed by atoms with Crippen molar-refractivity contribution in [2.75, 3.05) is 0 Å². The number of aromatic nitrogens is 2. The number of aryl methyl sites for hydroxylation is 1. The number of halogens is 1. The summed E-state index contributed by atoms with van der Waals surface area (Å²) in [6.45, 7) is 1.91. The SMILES string of the molecule is Cc1csc(CC(=O)N/N=C/c2c[nH]c3ccc(Br)cc23)n1. The van der Waals surface area contributed by atoms with Crippen LogP contribution in [0.5, 0.6) is 0 Å². The molecule has 0 aliphatic carbocycles. The lowest BCUT2D eigenvalue weighted by Crippen LogP contribution is -2.19. The van der Waals surface area contributed by atoms with Crippen molar-refractivity contribution >= 4 is 50.3 Å². The van der Waals surface area contributed by atoms with Gasteiger partial charge >= 0.3 is 0 Å². The van der Waals surface area contributed by atoms with E-state index >= 15 is 0 Å². The van der Waals surface area contributed by atoms with E-state index in [2.05, 4.69) is 36.4 Å². The predicted molar refractivity (Wildman–Crippen MR) is 92.3 cm³/mol. The second-order valence-electron chi connectivity index (χ2n) is 4.79. The number of amides is 1. The number of aromatic amines is 1. The molecule has 1 aromatic carbocycles. The molecule has 0 saturated carbocycles. The highest BCUT2D eigenvalue weighted by Gasteiger charge is 2.06. The number of H-pyrrole nitrogens is 1. The summed E-state index contributed by atoms with van der Waals surface area (Å²) in [5.74, 6) is -0.174. The maximum atomic E-state index is 11.8. The average molecular weight is 377 g/mol. The van der Waals surface area contributed by atoms with Crippen LogP contribution in [-0.2, 0) is 11.2 Å². The summed E-state index contributed by atoms with van der Waals surface area (Å²) in [5, 5.41) is 7.78. The fourth-order valence-corrected chi connectivity index (χ4v) is 3.19. The second-order valence-corrected chi connectivity index (χ2v) is 6.64. The number of fused-ring (bicyclic) bond motifs is 1. The lowest BCUT2D eigenvalue weighted by atomic mass is 10.2. The van der Waals surface area contributed by atoms with Gasteiger partial charge in [0.05, 0.1) is 12.6 Å². The van der Waals surface area contributed by atoms with Gasteiger partial charge in [0.15, 0.2) is 0 Å². The van der Waals surface area contributed by atoms with Crippen LogP contribution in [0.2, 0.25) is 0 Å². The van der Waals surface area contributed by atoms with E-state index in [0.717, 1.165) is 31.6 Å². The zero-order valence-electron chi connectivity index (χ0n) is 11.8. The third-order valence-electron chi connectivity index (χ3n) is 3.05. The lowest BCUT2D eigenvalue weighted by molar-refractivity contribution is -0.120. The Bertz CT molecular complexity index is 852. The topological polar surface area (TPSA) is 70.1 Å². The largest absolute Gasteiger partial charge is 0.361 e. The van der Waals surface area contributed by atoms with Gasteiger partial charge in [0.2, 0.25) is 5.91 Å². The van der Waals surface area contributed by atoms with Gasteiger partial charge in [-0.15, -0.1) is 11.3 Å². The quantitative estimate of drug-likeness (QED) is 0.541. The summed E-state index contributed by atoms with van der Waals surface area (Å²) in [4.78, 5) is 19.2. The first-order valence-electron chi connectivity index (χ1n) is 6.61. The summed E-state index contributed by atoms with van der Waals surface area (Å²) in [6.07, 6.45) is 3.74. The van der Waals surface area contributed by atoms with Gasteiger partial charge < -0.3 is 4.98 Å². The molecule has 0 spiro atoms. The molecule has 0 bridgehead atoms. The number of rotatable bonds is 4. The number of nitrogens with one attached hydrogen (secondary N) is 2. The van der Waals surface area contributed by atoms with Crippen molar-refractivity contribution in [2.24, 2.45) is 5.10 Å². The highest BCUT2D eigenvalue weighted by molar-refractivity contribution is 9.10. The molecular formula is C15H13BrN4OS. The van der Waals surface area contributed by atoms with Crippen LogP contribution in [0.15, 0.2) is 39.4 Å². The number of carbonyl (C=O) groups excluding carboxylic acids is 1. The summed E-state index contributed by atoms with van der Waals surface area (Å²) in [7, 11) is 0. The molecule has 0 saturated heterocycles. The van der Waals surface area contributed by atoms with Crippen LogP contribution in [-0.4, -0.2) is 22.1 Å². The Kier molecular flexibility index (Phi) is 4.35. The molecule has 22 heavy (non-hydrogen) atoms. The van der Waals surface area contributed by atoms with Crippen LogP contribution in [0.3, 0.4) is 0 Å². The fourth-order valence-electron chi connectivity index (χ4n) is 2.06. The van der Waals surface area contributed by atoms with E-state index in [4.69, 9.17) is 0 Å². The van der Waals surface area contributed by atoms with Crippen molar-refractivity contribution < 1.29 is 4.79 Å². The first-order chi connectivity index (χ1) is 10.6. The Balaban J connectivity index is 1.65. The van der Waals surface area contributed by atoms with E-state index in [1.807, 2.05) is 36.7 Å². The number of hydrogen-bond donors (Lipinski definition) is 2. The molecular weight excluding hydrogens is 364 g/mol. The molecule has 2 aromatic heterocycles. The monoisotopic (exact) mass is 376 g/mol. The van der Waals surface area contributed by atoms with Gasteiger partial charge in [-0.2, -0.15) is 5.10 Å². The molecule has 0 aliphatic rings. The summed E-state index contributed by atoms with van der Waals surface area (Å²) >= 11 is 4.93. The van der Waals surface area contributed by atoms with E-state index < -0.39 is 0 Å². The number of hydrazone groups is 1. The van der Waals surface area contributed by atoms with E-state index in [0.29, 0.717) is 0 Å². The number of carbonyl (C=O) groups is 1. The number of hydrogen-bond acceptors (Lipinski definition) is 4. The zero-order valence-corrected chi connectivity index (χ0v) is 14.2. The molecule has 0 fully saturated rings. The van der Waals surface area contributed by atoms with Crippen molar-refractivity contribution in [2.45, 2.75) is 13.3 Å². The summed E-state index contributed by atoms with van der Waals surface area (Å²) in [6, 6.07) is 5.96. The molecule has 0 atom stereocenters. The molecule has 0 radical (unpaired) electrons. The first kappa shape index (κ1) is 14.9. The molecule has 3 aromatic rings. The van der Waals surface area contributed by atoms with Crippen LogP contribution < -0.4 is 5.43 Å². The van der Waals surface area contributed by atoms with Crippen LogP contribution in [0.25, 0.3) is 10.9 Å². The van der Waals surface area contributed by atoms with E-state index in [9.17, 15) is 4.79 Å². The fraction of sp³-hybridized carbons (Fsp3) is 0.133. The second kappa shape index (κ2) is 6.41. The molecule has 2 N–H and O–H groups in total. The smallest absolute Gasteiger partial charge is 0.246 e. The minimum Gasteiger partial charge on any atom is -0.361 e. The number of nitrogens with zero attached hydrogens (tertiary/aromatic N) is 2. The average Bonchev–Trinajstić information content (AvgIpc) is 3.05. The van der Waals surface area contributed by atoms with Crippen molar-refractivity contribution in [3.8, 4) is 0 Å². The Morgan fingerprint density at radius 1 is 1.55 bits per heavy atom. The van der Waals surface area contributed by atoms with Gasteiger partial charge in [-0.1, -0.05) is 15.9 Å². The van der Waals surface area contributed by atoms with Gasteiger partial charge in [-0.25, -0.2) is 10.4 Å². The van der Waals surface area contributed by atoms with E-state index in [-0.39, 0.29) is 12.3 Å². The highest BCUT2D eigenvalue weighted by Crippen LogP contribution is 2.21. The first-order valence-corrected chi connectivity index (χ1v) is 8.28. The minimum atomic E-state index is -0.174. The van der Waals surface area contributed by atoms with Crippen LogP contribution in [0, 0.1) is 6.92 Å². The minimum absolute atomic E-state index is 0.174. The van der Waals surface area contributed by atoms with Crippen LogP contribution in [0.1, 0.15) is 16.3 Å². The molecule has 1 amide bonds. The maximum Gasteiger partial charge on any atom is 0.246 e. The third kappa shape index (κ3) is 3.42. The van der Waals surface area contributed by atoms with E-state index in [1.165, 1.54) is 11.3 Å². The molecule has 5 nitrogen and oxygen atoms in total.